The van der Waals surface area contributed by atoms with Crippen LogP contribution in [0.3, 0.4) is 0 Å². The molecule has 1 aromatic heterocycles. The zero-order chi connectivity index (χ0) is 24.5. The van der Waals surface area contributed by atoms with Crippen LogP contribution < -0.4 is 4.80 Å². The van der Waals surface area contributed by atoms with E-state index in [0.717, 1.165) is 27.8 Å². The van der Waals surface area contributed by atoms with Gasteiger partial charge in [-0.15, -0.1) is 11.3 Å². The average molecular weight is 523 g/mol. The van der Waals surface area contributed by atoms with Crippen molar-refractivity contribution in [1.29, 1.82) is 0 Å². The topological polar surface area (TPSA) is 95.2 Å². The minimum Gasteiger partial charge on any atom is -0.382 e. The van der Waals surface area contributed by atoms with Gasteiger partial charge in [0.05, 0.1) is 10.6 Å². The lowest BCUT2D eigenvalue weighted by atomic mass is 10.1. The number of aliphatic hydroxyl groups is 1. The van der Waals surface area contributed by atoms with Gasteiger partial charge in [-0.2, -0.15) is 0 Å². The molecular formula is C23H27ClN4O4S2. The lowest BCUT2D eigenvalue weighted by molar-refractivity contribution is -0.140. The van der Waals surface area contributed by atoms with Crippen LogP contribution >= 0.6 is 22.9 Å². The van der Waals surface area contributed by atoms with Crippen LogP contribution in [-0.2, 0) is 28.2 Å². The fourth-order valence-corrected chi connectivity index (χ4v) is 6.45. The van der Waals surface area contributed by atoms with E-state index < -0.39 is 27.6 Å². The molecule has 0 radical (unpaired) electrons. The number of thiazole rings is 1. The largest absolute Gasteiger partial charge is 0.382 e. The van der Waals surface area contributed by atoms with Gasteiger partial charge >= 0.3 is 0 Å². The van der Waals surface area contributed by atoms with Crippen molar-refractivity contribution >= 4 is 49.5 Å². The summed E-state index contributed by atoms with van der Waals surface area (Å²) in [5.74, 6) is -1.21. The molecule has 0 aliphatic carbocycles. The van der Waals surface area contributed by atoms with Crippen LogP contribution in [0, 0.1) is 0 Å². The summed E-state index contributed by atoms with van der Waals surface area (Å²) in [6.45, 7) is 2.91. The molecule has 182 valence electrons. The maximum absolute atomic E-state index is 12.9. The zero-order valence-electron chi connectivity index (χ0n) is 19.0. The molecule has 0 spiro atoms. The average Bonchev–Trinajstić information content (AvgIpc) is 3.17. The number of rotatable bonds is 6. The summed E-state index contributed by atoms with van der Waals surface area (Å²) in [5.41, 5.74) is 1.15. The van der Waals surface area contributed by atoms with Crippen LogP contribution in [0.4, 0.5) is 0 Å². The summed E-state index contributed by atoms with van der Waals surface area (Å²) in [5, 5.41) is 14.7. The molecule has 1 fully saturated rings. The van der Waals surface area contributed by atoms with E-state index in [9.17, 15) is 18.3 Å². The zero-order valence-corrected chi connectivity index (χ0v) is 21.4. The number of aromatic nitrogens is 1. The third-order valence-corrected chi connectivity index (χ3v) is 9.09. The molecule has 8 nitrogen and oxygen atoms in total. The highest BCUT2D eigenvalue weighted by atomic mass is 35.5. The fraction of sp³-hybridized carbons (Fsp3) is 0.391. The Morgan fingerprint density at radius 2 is 1.82 bits per heavy atom. The van der Waals surface area contributed by atoms with Crippen LogP contribution in [0.2, 0.25) is 5.02 Å². The molecule has 1 N–H and O–H groups in total. The molecule has 1 amide bonds. The predicted molar refractivity (Wildman–Crippen MR) is 134 cm³/mol. The van der Waals surface area contributed by atoms with E-state index >= 15 is 0 Å². The normalized spacial score (nSPS) is 16.8. The fourth-order valence-electron chi connectivity index (χ4n) is 4.08. The van der Waals surface area contributed by atoms with E-state index in [0.29, 0.717) is 31.2 Å². The number of carbonyl (C=O) groups is 1. The van der Waals surface area contributed by atoms with Gasteiger partial charge in [0.15, 0.2) is 14.6 Å². The van der Waals surface area contributed by atoms with E-state index in [1.54, 1.807) is 53.6 Å². The lowest BCUT2D eigenvalue weighted by Crippen LogP contribution is -2.52. The van der Waals surface area contributed by atoms with Crippen LogP contribution in [0.25, 0.3) is 10.8 Å². The minimum atomic E-state index is -3.85. The van der Waals surface area contributed by atoms with Crippen LogP contribution in [-0.4, -0.2) is 78.9 Å². The van der Waals surface area contributed by atoms with Crippen molar-refractivity contribution in [3.8, 4) is 0 Å². The summed E-state index contributed by atoms with van der Waals surface area (Å²) in [7, 11) is -0.106. The second-order valence-corrected chi connectivity index (χ2v) is 11.7. The molecule has 0 saturated carbocycles. The van der Waals surface area contributed by atoms with E-state index in [4.69, 9.17) is 11.6 Å². The maximum atomic E-state index is 12.9. The lowest BCUT2D eigenvalue weighted by Gasteiger charge is -2.35. The van der Waals surface area contributed by atoms with E-state index in [1.165, 1.54) is 6.07 Å². The van der Waals surface area contributed by atoms with Crippen LogP contribution in [0.1, 0.15) is 5.69 Å². The first-order valence-corrected chi connectivity index (χ1v) is 13.8. The van der Waals surface area contributed by atoms with Crippen LogP contribution in [0.15, 0.2) is 51.7 Å². The van der Waals surface area contributed by atoms with Crippen molar-refractivity contribution in [3.63, 3.8) is 0 Å². The first-order chi connectivity index (χ1) is 16.2. The number of sulfone groups is 1. The highest BCUT2D eigenvalue weighted by Crippen LogP contribution is 2.24. The summed E-state index contributed by atoms with van der Waals surface area (Å²) in [6.07, 6.45) is -1.61. The Labute approximate surface area is 207 Å². The van der Waals surface area contributed by atoms with E-state index in [-0.39, 0.29) is 4.90 Å². The molecule has 1 atom stereocenters. The molecule has 1 saturated heterocycles. The van der Waals surface area contributed by atoms with Gasteiger partial charge in [-0.25, -0.2) is 8.42 Å². The van der Waals surface area contributed by atoms with Gasteiger partial charge in [0, 0.05) is 62.9 Å². The molecule has 1 aliphatic rings. The van der Waals surface area contributed by atoms with Crippen molar-refractivity contribution in [2.24, 2.45) is 12.0 Å². The maximum Gasteiger partial charge on any atom is 0.252 e. The molecule has 2 aromatic carbocycles. The van der Waals surface area contributed by atoms with Gasteiger partial charge in [-0.05, 0) is 35.0 Å². The Bertz CT molecular complexity index is 1380. The Morgan fingerprint density at radius 3 is 2.50 bits per heavy atom. The third-order valence-electron chi connectivity index (χ3n) is 6.07. The van der Waals surface area contributed by atoms with Gasteiger partial charge < -0.3 is 14.6 Å². The Morgan fingerprint density at radius 1 is 1.15 bits per heavy atom. The summed E-state index contributed by atoms with van der Waals surface area (Å²) >= 11 is 7.58. The highest BCUT2D eigenvalue weighted by molar-refractivity contribution is 7.91. The summed E-state index contributed by atoms with van der Waals surface area (Å²) < 4.78 is 27.8. The standard InChI is InChI=1S/C23H27ClN4O4S2/c1-25-23-26(2)19(14-33-23)13-27-7-9-28(10-8-27)22(30)21(29)15-34(31,32)20-6-4-16-11-18(24)5-3-17(16)12-20/h3-6,11-12,14,21,29H,7-10,13,15H2,1-2H3/t21-/m1/s1. The Hall–Kier alpha value is -2.24. The number of amides is 1. The molecule has 0 bridgehead atoms. The van der Waals surface area contributed by atoms with Crippen molar-refractivity contribution in [3.05, 3.63) is 57.3 Å². The number of hydrogen-bond donors (Lipinski definition) is 1. The van der Waals surface area contributed by atoms with Crippen molar-refractivity contribution < 1.29 is 18.3 Å². The molecule has 34 heavy (non-hydrogen) atoms. The monoisotopic (exact) mass is 522 g/mol. The molecule has 3 aromatic rings. The van der Waals surface area contributed by atoms with Gasteiger partial charge in [0.25, 0.3) is 5.91 Å². The quantitative estimate of drug-likeness (QED) is 0.533. The number of carbonyl (C=O) groups excluding carboxylic acids is 1. The van der Waals surface area contributed by atoms with Gasteiger partial charge in [-0.1, -0.05) is 23.7 Å². The van der Waals surface area contributed by atoms with Crippen molar-refractivity contribution in [1.82, 2.24) is 14.4 Å². The number of nitrogens with zero attached hydrogens (tertiary/aromatic N) is 4. The second kappa shape index (κ2) is 10.2. The molecular weight excluding hydrogens is 496 g/mol. The number of hydrogen-bond acceptors (Lipinski definition) is 7. The number of aliphatic hydroxyl groups excluding tert-OH is 1. The number of halogens is 1. The van der Waals surface area contributed by atoms with E-state index in [1.807, 2.05) is 7.05 Å². The molecule has 0 unspecified atom stereocenters. The number of benzene rings is 2. The van der Waals surface area contributed by atoms with Gasteiger partial charge in [0.1, 0.15) is 6.10 Å². The van der Waals surface area contributed by atoms with Crippen LogP contribution in [0.5, 0.6) is 0 Å². The minimum absolute atomic E-state index is 0.0702. The Kier molecular flexibility index (Phi) is 7.44. The number of fused-ring (bicyclic) bond motifs is 1. The van der Waals surface area contributed by atoms with E-state index in [2.05, 4.69) is 19.8 Å². The molecule has 11 heteroatoms. The highest BCUT2D eigenvalue weighted by Gasteiger charge is 2.30. The first-order valence-electron chi connectivity index (χ1n) is 10.9. The SMILES string of the molecule is CN=c1scc(CN2CCN(C(=O)[C@H](O)CS(=O)(=O)c3ccc4cc(Cl)ccc4c3)CC2)n1C. The summed E-state index contributed by atoms with van der Waals surface area (Å²) in [6, 6.07) is 9.87. The van der Waals surface area contributed by atoms with Crippen molar-refractivity contribution in [2.45, 2.75) is 17.5 Å². The van der Waals surface area contributed by atoms with Gasteiger partial charge in [-0.3, -0.25) is 14.7 Å². The molecule has 4 rings (SSSR count). The number of piperazine rings is 1. The first kappa shape index (κ1) is 24.9. The second-order valence-electron chi connectivity index (χ2n) is 8.34. The van der Waals surface area contributed by atoms with Gasteiger partial charge in [0.2, 0.25) is 0 Å². The molecule has 2 heterocycles. The molecule has 1 aliphatic heterocycles. The predicted octanol–water partition coefficient (Wildman–Crippen LogP) is 1.90. The van der Waals surface area contributed by atoms with Crippen molar-refractivity contribution in [2.75, 3.05) is 39.0 Å². The summed E-state index contributed by atoms with van der Waals surface area (Å²) in [4.78, 5) is 21.8. The smallest absolute Gasteiger partial charge is 0.252 e. The third kappa shape index (κ3) is 5.36. The Balaban J connectivity index is 1.36.